The summed E-state index contributed by atoms with van der Waals surface area (Å²) in [6.45, 7) is 1.98. The first-order chi connectivity index (χ1) is 7.31. The number of nitrogens with zero attached hydrogens (tertiary/aromatic N) is 2. The Morgan fingerprint density at radius 3 is 2.87 bits per heavy atom. The molecular formula is C10H9FN2OS. The predicted octanol–water partition coefficient (Wildman–Crippen LogP) is 2.99. The predicted molar refractivity (Wildman–Crippen MR) is 56.1 cm³/mol. The van der Waals surface area contributed by atoms with Crippen LogP contribution in [0.15, 0.2) is 33.9 Å². The van der Waals surface area contributed by atoms with Crippen LogP contribution in [0.2, 0.25) is 0 Å². The molecule has 78 valence electrons. The molecule has 1 aromatic heterocycles. The number of thioether (sulfide) groups is 1. The van der Waals surface area contributed by atoms with Crippen molar-refractivity contribution in [1.82, 2.24) is 10.2 Å². The number of hydrogen-bond donors (Lipinski definition) is 0. The van der Waals surface area contributed by atoms with Gasteiger partial charge < -0.3 is 4.42 Å². The summed E-state index contributed by atoms with van der Waals surface area (Å²) in [5.41, 5.74) is 0.341. The average Bonchev–Trinajstić information content (AvgIpc) is 2.68. The van der Waals surface area contributed by atoms with Crippen LogP contribution in [0.1, 0.15) is 6.92 Å². The normalized spacial score (nSPS) is 10.5. The van der Waals surface area contributed by atoms with Gasteiger partial charge in [0.15, 0.2) is 0 Å². The fourth-order valence-electron chi connectivity index (χ4n) is 1.14. The van der Waals surface area contributed by atoms with E-state index >= 15 is 0 Å². The lowest BCUT2D eigenvalue weighted by Crippen LogP contribution is -1.82. The summed E-state index contributed by atoms with van der Waals surface area (Å²) in [7, 11) is 0. The molecule has 0 aliphatic carbocycles. The molecule has 2 rings (SSSR count). The Bertz CT molecular complexity index is 458. The quantitative estimate of drug-likeness (QED) is 0.751. The van der Waals surface area contributed by atoms with Gasteiger partial charge in [0.1, 0.15) is 5.82 Å². The minimum atomic E-state index is -0.353. The maximum absolute atomic E-state index is 13.3. The van der Waals surface area contributed by atoms with Crippen LogP contribution in [-0.4, -0.2) is 16.0 Å². The molecule has 1 aromatic carbocycles. The molecule has 0 aliphatic rings. The van der Waals surface area contributed by atoms with Crippen LogP contribution >= 0.6 is 11.8 Å². The topological polar surface area (TPSA) is 38.9 Å². The molecule has 5 heteroatoms. The van der Waals surface area contributed by atoms with Crippen molar-refractivity contribution >= 4 is 11.8 Å². The van der Waals surface area contributed by atoms with Gasteiger partial charge in [-0.25, -0.2) is 4.39 Å². The fourth-order valence-corrected chi connectivity index (χ4v) is 1.62. The number of aromatic nitrogens is 2. The molecule has 0 N–H and O–H groups in total. The fraction of sp³-hybridized carbons (Fsp3) is 0.200. The largest absolute Gasteiger partial charge is 0.411 e. The lowest BCUT2D eigenvalue weighted by molar-refractivity contribution is 0.463. The SMILES string of the molecule is CCSc1nnc(-c2ccccc2F)o1. The third kappa shape index (κ3) is 2.18. The lowest BCUT2D eigenvalue weighted by Gasteiger charge is -1.95. The summed E-state index contributed by atoms with van der Waals surface area (Å²) in [6, 6.07) is 6.33. The average molecular weight is 224 g/mol. The standard InChI is InChI=1S/C10H9FN2OS/c1-2-15-10-13-12-9(14-10)7-5-3-4-6-8(7)11/h3-6H,2H2,1H3. The Kier molecular flexibility index (Phi) is 3.01. The molecule has 0 unspecified atom stereocenters. The Balaban J connectivity index is 2.33. The van der Waals surface area contributed by atoms with Crippen LogP contribution < -0.4 is 0 Å². The van der Waals surface area contributed by atoms with E-state index in [0.717, 1.165) is 5.75 Å². The molecule has 0 saturated heterocycles. The zero-order valence-corrected chi connectivity index (χ0v) is 8.92. The van der Waals surface area contributed by atoms with E-state index in [4.69, 9.17) is 4.42 Å². The van der Waals surface area contributed by atoms with E-state index in [1.807, 2.05) is 6.92 Å². The maximum Gasteiger partial charge on any atom is 0.276 e. The Hall–Kier alpha value is -1.36. The van der Waals surface area contributed by atoms with Gasteiger partial charge in [-0.2, -0.15) is 0 Å². The van der Waals surface area contributed by atoms with Crippen molar-refractivity contribution in [3.05, 3.63) is 30.1 Å². The van der Waals surface area contributed by atoms with E-state index < -0.39 is 0 Å². The number of halogens is 1. The van der Waals surface area contributed by atoms with Crippen molar-refractivity contribution in [2.24, 2.45) is 0 Å². The molecule has 1 heterocycles. The van der Waals surface area contributed by atoms with Crippen molar-refractivity contribution in [2.45, 2.75) is 12.1 Å². The zero-order chi connectivity index (χ0) is 10.7. The Labute approximate surface area is 90.7 Å². The molecule has 15 heavy (non-hydrogen) atoms. The summed E-state index contributed by atoms with van der Waals surface area (Å²) >= 11 is 1.43. The summed E-state index contributed by atoms with van der Waals surface area (Å²) in [5, 5.41) is 8.06. The van der Waals surface area contributed by atoms with Gasteiger partial charge in [0.25, 0.3) is 11.1 Å². The summed E-state index contributed by atoms with van der Waals surface area (Å²) in [5.74, 6) is 0.720. The highest BCUT2D eigenvalue weighted by molar-refractivity contribution is 7.99. The maximum atomic E-state index is 13.3. The lowest BCUT2D eigenvalue weighted by atomic mass is 10.2. The van der Waals surface area contributed by atoms with Gasteiger partial charge in [0.05, 0.1) is 5.56 Å². The van der Waals surface area contributed by atoms with E-state index in [9.17, 15) is 4.39 Å². The molecule has 0 aliphatic heterocycles. The molecule has 0 atom stereocenters. The smallest absolute Gasteiger partial charge is 0.276 e. The van der Waals surface area contributed by atoms with Crippen LogP contribution in [0.3, 0.4) is 0 Å². The first-order valence-electron chi connectivity index (χ1n) is 4.52. The molecule has 0 spiro atoms. The van der Waals surface area contributed by atoms with Gasteiger partial charge in [-0.3, -0.25) is 0 Å². The molecule has 0 radical (unpaired) electrons. The second-order valence-electron chi connectivity index (χ2n) is 2.79. The van der Waals surface area contributed by atoms with E-state index in [2.05, 4.69) is 10.2 Å². The summed E-state index contributed by atoms with van der Waals surface area (Å²) < 4.78 is 18.6. The third-order valence-electron chi connectivity index (χ3n) is 1.78. The van der Waals surface area contributed by atoms with E-state index in [-0.39, 0.29) is 11.7 Å². The number of rotatable bonds is 3. The monoisotopic (exact) mass is 224 g/mol. The van der Waals surface area contributed by atoms with Crippen molar-refractivity contribution < 1.29 is 8.81 Å². The second-order valence-corrected chi connectivity index (χ2v) is 4.00. The van der Waals surface area contributed by atoms with Crippen molar-refractivity contribution in [3.8, 4) is 11.5 Å². The molecule has 0 amide bonds. The molecular weight excluding hydrogens is 215 g/mol. The van der Waals surface area contributed by atoms with Crippen LogP contribution in [0.4, 0.5) is 4.39 Å². The van der Waals surface area contributed by atoms with Crippen molar-refractivity contribution in [1.29, 1.82) is 0 Å². The Morgan fingerprint density at radius 2 is 2.13 bits per heavy atom. The Morgan fingerprint density at radius 1 is 1.33 bits per heavy atom. The summed E-state index contributed by atoms with van der Waals surface area (Å²) in [4.78, 5) is 0. The first kappa shape index (κ1) is 10.2. The van der Waals surface area contributed by atoms with Crippen molar-refractivity contribution in [3.63, 3.8) is 0 Å². The van der Waals surface area contributed by atoms with Gasteiger partial charge in [0, 0.05) is 0 Å². The first-order valence-corrected chi connectivity index (χ1v) is 5.51. The number of benzene rings is 1. The minimum absolute atomic E-state index is 0.226. The van der Waals surface area contributed by atoms with E-state index in [1.54, 1.807) is 18.2 Å². The third-order valence-corrected chi connectivity index (χ3v) is 2.48. The molecule has 3 nitrogen and oxygen atoms in total. The van der Waals surface area contributed by atoms with E-state index in [0.29, 0.717) is 10.8 Å². The van der Waals surface area contributed by atoms with Crippen LogP contribution in [-0.2, 0) is 0 Å². The van der Waals surface area contributed by atoms with Crippen LogP contribution in [0, 0.1) is 5.82 Å². The van der Waals surface area contributed by atoms with Gasteiger partial charge in [-0.05, 0) is 17.9 Å². The molecule has 2 aromatic rings. The highest BCUT2D eigenvalue weighted by Gasteiger charge is 2.11. The summed E-state index contributed by atoms with van der Waals surface area (Å²) in [6.07, 6.45) is 0. The van der Waals surface area contributed by atoms with Crippen LogP contribution in [0.25, 0.3) is 11.5 Å². The highest BCUT2D eigenvalue weighted by Crippen LogP contribution is 2.24. The van der Waals surface area contributed by atoms with E-state index in [1.165, 1.54) is 17.8 Å². The molecule has 0 bridgehead atoms. The second kappa shape index (κ2) is 4.44. The highest BCUT2D eigenvalue weighted by atomic mass is 32.2. The van der Waals surface area contributed by atoms with Crippen molar-refractivity contribution in [2.75, 3.05) is 5.75 Å². The minimum Gasteiger partial charge on any atom is -0.411 e. The van der Waals surface area contributed by atoms with Gasteiger partial charge in [-0.15, -0.1) is 10.2 Å². The number of hydrogen-bond acceptors (Lipinski definition) is 4. The van der Waals surface area contributed by atoms with Crippen LogP contribution in [0.5, 0.6) is 0 Å². The van der Waals surface area contributed by atoms with Gasteiger partial charge in [0.2, 0.25) is 0 Å². The molecule has 0 fully saturated rings. The van der Waals surface area contributed by atoms with Gasteiger partial charge in [-0.1, -0.05) is 30.8 Å². The molecule has 0 saturated carbocycles. The zero-order valence-electron chi connectivity index (χ0n) is 8.11. The van der Waals surface area contributed by atoms with Gasteiger partial charge >= 0.3 is 0 Å².